The topological polar surface area (TPSA) is 93.8 Å². The maximum Gasteiger partial charge on any atom is 0.226 e. The van der Waals surface area contributed by atoms with Gasteiger partial charge in [-0.05, 0) is 12.8 Å². The molecule has 0 aromatic heterocycles. The van der Waals surface area contributed by atoms with E-state index in [1.165, 1.54) is 0 Å². The third kappa shape index (κ3) is 4.33. The van der Waals surface area contributed by atoms with Gasteiger partial charge in [0.25, 0.3) is 0 Å². The van der Waals surface area contributed by atoms with Crippen molar-refractivity contribution >= 4 is 10.0 Å². The molecule has 1 aliphatic carbocycles. The van der Waals surface area contributed by atoms with Crippen LogP contribution in [0.4, 0.5) is 0 Å². The third-order valence-corrected chi connectivity index (χ3v) is 4.24. The van der Waals surface area contributed by atoms with Crippen LogP contribution in [0.25, 0.3) is 0 Å². The van der Waals surface area contributed by atoms with Gasteiger partial charge in [-0.3, -0.25) is 0 Å². The Morgan fingerprint density at radius 3 is 2.06 bits per heavy atom. The van der Waals surface area contributed by atoms with Crippen LogP contribution < -0.4 is 4.72 Å². The number of rotatable bonds is 3. The first-order valence-electron chi connectivity index (χ1n) is 5.83. The monoisotopic (exact) mass is 255 g/mol. The Balaban J connectivity index is 2.80. The van der Waals surface area contributed by atoms with E-state index < -0.39 is 21.3 Å². The summed E-state index contributed by atoms with van der Waals surface area (Å²) in [4.78, 5) is 0. The van der Waals surface area contributed by atoms with Gasteiger partial charge in [0, 0.05) is 0 Å². The van der Waals surface area contributed by atoms with Crippen LogP contribution in [-0.2, 0) is 10.0 Å². The van der Waals surface area contributed by atoms with Crippen LogP contribution in [0.3, 0.4) is 0 Å². The summed E-state index contributed by atoms with van der Waals surface area (Å²) in [6.45, 7) is 0. The minimum absolute atomic E-state index is 0.536. The number of hydrogen-bond acceptors (Lipinski definition) is 4. The Morgan fingerprint density at radius 2 is 1.59 bits per heavy atom. The molecule has 0 saturated heterocycles. The average molecular weight is 255 g/mol. The average Bonchev–Trinajstić information content (AvgIpc) is 2.22. The normalized spacial score (nSPS) is 20.6. The highest BCUT2D eigenvalue weighted by Crippen LogP contribution is 2.26. The van der Waals surface area contributed by atoms with Gasteiger partial charge in [-0.2, -0.15) is 15.2 Å². The molecule has 1 fully saturated rings. The largest absolute Gasteiger partial charge is 0.226 e. The van der Waals surface area contributed by atoms with Crippen molar-refractivity contribution in [2.45, 2.75) is 50.5 Å². The van der Waals surface area contributed by atoms with Crippen molar-refractivity contribution in [2.24, 2.45) is 0 Å². The molecule has 1 aliphatic rings. The lowest BCUT2D eigenvalue weighted by Crippen LogP contribution is -2.48. The molecule has 6 heteroatoms. The van der Waals surface area contributed by atoms with Gasteiger partial charge in [0.15, 0.2) is 5.75 Å². The summed E-state index contributed by atoms with van der Waals surface area (Å²) in [5, 5.41) is 17.7. The Labute approximate surface area is 102 Å². The van der Waals surface area contributed by atoms with Gasteiger partial charge in [0.05, 0.1) is 12.1 Å². The van der Waals surface area contributed by atoms with Crippen LogP contribution in [-0.4, -0.2) is 19.7 Å². The predicted molar refractivity (Wildman–Crippen MR) is 63.2 cm³/mol. The molecule has 0 aromatic rings. The molecule has 1 saturated carbocycles. The fourth-order valence-electron chi connectivity index (χ4n) is 2.16. The lowest BCUT2D eigenvalue weighted by Gasteiger charge is -2.28. The van der Waals surface area contributed by atoms with Gasteiger partial charge in [-0.1, -0.05) is 32.1 Å². The zero-order chi connectivity index (χ0) is 12.8. The van der Waals surface area contributed by atoms with Crippen LogP contribution in [0.2, 0.25) is 0 Å². The maximum atomic E-state index is 11.6. The Morgan fingerprint density at radius 1 is 1.06 bits per heavy atom. The minimum atomic E-state index is -3.66. The van der Waals surface area contributed by atoms with Crippen molar-refractivity contribution < 1.29 is 8.42 Å². The number of nitriles is 2. The molecule has 17 heavy (non-hydrogen) atoms. The first kappa shape index (κ1) is 14.0. The zero-order valence-electron chi connectivity index (χ0n) is 9.78. The highest BCUT2D eigenvalue weighted by molar-refractivity contribution is 7.89. The summed E-state index contributed by atoms with van der Waals surface area (Å²) in [6.07, 6.45) is 5.98. The fourth-order valence-corrected chi connectivity index (χ4v) is 3.25. The minimum Gasteiger partial charge on any atom is -0.211 e. The molecular formula is C11H17N3O2S. The summed E-state index contributed by atoms with van der Waals surface area (Å²) >= 11 is 0. The SMILES string of the molecule is N#CCS(=O)(=O)NC1(C#N)CCCCCCC1. The van der Waals surface area contributed by atoms with E-state index in [2.05, 4.69) is 10.8 Å². The standard InChI is InChI=1S/C11H17N3O2S/c12-8-9-17(15,16)14-11(10-13)6-4-2-1-3-5-7-11/h14H,1-7,9H2. The van der Waals surface area contributed by atoms with Gasteiger partial charge < -0.3 is 0 Å². The summed E-state index contributed by atoms with van der Waals surface area (Å²) in [6, 6.07) is 3.71. The molecule has 1 rings (SSSR count). The summed E-state index contributed by atoms with van der Waals surface area (Å²) < 4.78 is 25.6. The maximum absolute atomic E-state index is 11.6. The quantitative estimate of drug-likeness (QED) is 0.825. The van der Waals surface area contributed by atoms with Crippen LogP contribution in [0.15, 0.2) is 0 Å². The third-order valence-electron chi connectivity index (χ3n) is 3.03. The fraction of sp³-hybridized carbons (Fsp3) is 0.818. The second-order valence-corrected chi connectivity index (χ2v) is 6.20. The van der Waals surface area contributed by atoms with Crippen molar-refractivity contribution in [1.29, 1.82) is 10.5 Å². The molecule has 0 spiro atoms. The summed E-state index contributed by atoms with van der Waals surface area (Å²) in [5.41, 5.74) is -1.00. The van der Waals surface area contributed by atoms with E-state index in [9.17, 15) is 13.7 Å². The van der Waals surface area contributed by atoms with Gasteiger partial charge in [0.2, 0.25) is 10.0 Å². The van der Waals surface area contributed by atoms with Crippen molar-refractivity contribution in [2.75, 3.05) is 5.75 Å². The highest BCUT2D eigenvalue weighted by Gasteiger charge is 2.34. The second kappa shape index (κ2) is 6.00. The molecule has 1 N–H and O–H groups in total. The molecule has 0 radical (unpaired) electrons. The van der Waals surface area contributed by atoms with Crippen LogP contribution in [0, 0.1) is 22.7 Å². The predicted octanol–water partition coefficient (Wildman–Crippen LogP) is 1.44. The van der Waals surface area contributed by atoms with Crippen LogP contribution in [0.5, 0.6) is 0 Å². The molecule has 0 aliphatic heterocycles. The molecule has 5 nitrogen and oxygen atoms in total. The Hall–Kier alpha value is -1.11. The Bertz CT molecular complexity index is 423. The second-order valence-electron chi connectivity index (χ2n) is 4.48. The zero-order valence-corrected chi connectivity index (χ0v) is 10.6. The number of hydrogen-bond donors (Lipinski definition) is 1. The molecule has 0 atom stereocenters. The summed E-state index contributed by atoms with van der Waals surface area (Å²) in [7, 11) is -3.66. The summed E-state index contributed by atoms with van der Waals surface area (Å²) in [5.74, 6) is -0.587. The number of sulfonamides is 1. The van der Waals surface area contributed by atoms with E-state index in [1.807, 2.05) is 0 Å². The first-order chi connectivity index (χ1) is 8.04. The van der Waals surface area contributed by atoms with Gasteiger partial charge in [0.1, 0.15) is 5.54 Å². The van der Waals surface area contributed by atoms with Crippen molar-refractivity contribution in [3.8, 4) is 12.1 Å². The molecule has 0 unspecified atom stereocenters. The molecular weight excluding hydrogens is 238 g/mol. The van der Waals surface area contributed by atoms with E-state index in [-0.39, 0.29) is 0 Å². The molecule has 0 aromatic carbocycles. The van der Waals surface area contributed by atoms with Crippen LogP contribution >= 0.6 is 0 Å². The molecule has 94 valence electrons. The van der Waals surface area contributed by atoms with Crippen LogP contribution in [0.1, 0.15) is 44.9 Å². The highest BCUT2D eigenvalue weighted by atomic mass is 32.2. The Kier molecular flexibility index (Phi) is 4.92. The van der Waals surface area contributed by atoms with Crippen molar-refractivity contribution in [3.05, 3.63) is 0 Å². The number of nitrogens with one attached hydrogen (secondary N) is 1. The molecule has 0 bridgehead atoms. The van der Waals surface area contributed by atoms with E-state index in [1.54, 1.807) is 6.07 Å². The van der Waals surface area contributed by atoms with Gasteiger partial charge in [-0.25, -0.2) is 8.42 Å². The van der Waals surface area contributed by atoms with E-state index in [0.717, 1.165) is 32.1 Å². The van der Waals surface area contributed by atoms with E-state index >= 15 is 0 Å². The van der Waals surface area contributed by atoms with E-state index in [0.29, 0.717) is 12.8 Å². The molecule has 0 amide bonds. The molecule has 0 heterocycles. The van der Waals surface area contributed by atoms with Gasteiger partial charge in [-0.15, -0.1) is 0 Å². The smallest absolute Gasteiger partial charge is 0.211 e. The lowest BCUT2D eigenvalue weighted by atomic mass is 9.86. The van der Waals surface area contributed by atoms with Gasteiger partial charge >= 0.3 is 0 Å². The first-order valence-corrected chi connectivity index (χ1v) is 7.49. The van der Waals surface area contributed by atoms with Crippen molar-refractivity contribution in [1.82, 2.24) is 4.72 Å². The van der Waals surface area contributed by atoms with E-state index in [4.69, 9.17) is 5.26 Å². The number of nitrogens with zero attached hydrogens (tertiary/aromatic N) is 2. The van der Waals surface area contributed by atoms with Crippen molar-refractivity contribution in [3.63, 3.8) is 0 Å². The lowest BCUT2D eigenvalue weighted by molar-refractivity contribution is 0.357.